The number of halogens is 2. The summed E-state index contributed by atoms with van der Waals surface area (Å²) in [4.78, 5) is 8.75. The van der Waals surface area contributed by atoms with Crippen molar-refractivity contribution >= 4 is 22.3 Å². The molecule has 0 bridgehead atoms. The summed E-state index contributed by atoms with van der Waals surface area (Å²) in [6.45, 7) is 0. The number of methoxy groups -OCH3 is 2. The van der Waals surface area contributed by atoms with E-state index in [9.17, 15) is 8.78 Å². The first-order valence-electron chi connectivity index (χ1n) is 10.9. The van der Waals surface area contributed by atoms with Gasteiger partial charge in [0.25, 0.3) is 0 Å². The predicted octanol–water partition coefficient (Wildman–Crippen LogP) is 7.00. The maximum Gasteiger partial charge on any atom is 0.132 e. The Kier molecular flexibility index (Phi) is 5.97. The van der Waals surface area contributed by atoms with Gasteiger partial charge in [-0.3, -0.25) is 9.97 Å². The standard InChI is InChI=1S/C28H21F2N3O2/c1-34-20-5-8-28(35-2)22(16-20)17-3-6-21-25(10-12-32-26(21)13-17)33-19-9-11-31-27(15-19)23-14-18(29)4-7-24(23)30/h3-16H,1-2H3,(H,31,32,33). The number of aromatic nitrogens is 2. The van der Waals surface area contributed by atoms with Gasteiger partial charge in [0.2, 0.25) is 0 Å². The second-order valence-electron chi connectivity index (χ2n) is 7.84. The molecule has 0 spiro atoms. The molecule has 2 heterocycles. The summed E-state index contributed by atoms with van der Waals surface area (Å²) < 4.78 is 38.8. The van der Waals surface area contributed by atoms with E-state index in [0.29, 0.717) is 11.4 Å². The van der Waals surface area contributed by atoms with Crippen LogP contribution in [0.3, 0.4) is 0 Å². The number of nitrogens with zero attached hydrogens (tertiary/aromatic N) is 2. The maximum atomic E-state index is 14.2. The number of fused-ring (bicyclic) bond motifs is 1. The number of benzene rings is 3. The predicted molar refractivity (Wildman–Crippen MR) is 133 cm³/mol. The SMILES string of the molecule is COc1ccc(OC)c(-c2ccc3c(Nc4ccnc(-c5cc(F)ccc5F)c4)ccnc3c2)c1. The molecule has 5 rings (SSSR count). The van der Waals surface area contributed by atoms with Gasteiger partial charge in [-0.05, 0) is 66.2 Å². The van der Waals surface area contributed by atoms with Crippen molar-refractivity contribution in [3.63, 3.8) is 0 Å². The maximum absolute atomic E-state index is 14.2. The highest BCUT2D eigenvalue weighted by molar-refractivity contribution is 5.95. The second-order valence-corrected chi connectivity index (χ2v) is 7.84. The molecular weight excluding hydrogens is 448 g/mol. The van der Waals surface area contributed by atoms with E-state index < -0.39 is 11.6 Å². The van der Waals surface area contributed by atoms with Crippen molar-refractivity contribution in [3.05, 3.63) is 96.8 Å². The van der Waals surface area contributed by atoms with Crippen LogP contribution in [0.1, 0.15) is 0 Å². The highest BCUT2D eigenvalue weighted by Crippen LogP contribution is 2.36. The van der Waals surface area contributed by atoms with Crippen molar-refractivity contribution < 1.29 is 18.3 Å². The monoisotopic (exact) mass is 469 g/mol. The van der Waals surface area contributed by atoms with E-state index >= 15 is 0 Å². The molecule has 2 aromatic heterocycles. The van der Waals surface area contributed by atoms with Crippen LogP contribution >= 0.6 is 0 Å². The largest absolute Gasteiger partial charge is 0.497 e. The van der Waals surface area contributed by atoms with Crippen LogP contribution in [-0.4, -0.2) is 24.2 Å². The fourth-order valence-electron chi connectivity index (χ4n) is 3.97. The summed E-state index contributed by atoms with van der Waals surface area (Å²) in [5, 5.41) is 4.25. The Hall–Kier alpha value is -4.52. The molecule has 5 aromatic rings. The van der Waals surface area contributed by atoms with Crippen LogP contribution in [0.4, 0.5) is 20.2 Å². The van der Waals surface area contributed by atoms with E-state index in [1.165, 1.54) is 0 Å². The van der Waals surface area contributed by atoms with E-state index in [1.807, 2.05) is 42.5 Å². The molecule has 5 nitrogen and oxygen atoms in total. The lowest BCUT2D eigenvalue weighted by Gasteiger charge is -2.13. The molecule has 0 amide bonds. The molecule has 0 atom stereocenters. The second kappa shape index (κ2) is 9.38. The normalized spacial score (nSPS) is 10.9. The number of pyridine rings is 2. The van der Waals surface area contributed by atoms with Gasteiger partial charge in [-0.15, -0.1) is 0 Å². The van der Waals surface area contributed by atoms with Gasteiger partial charge in [0, 0.05) is 40.3 Å². The highest BCUT2D eigenvalue weighted by atomic mass is 19.1. The van der Waals surface area contributed by atoms with Crippen molar-refractivity contribution in [2.24, 2.45) is 0 Å². The first-order chi connectivity index (χ1) is 17.1. The first-order valence-corrected chi connectivity index (χ1v) is 10.9. The molecule has 0 unspecified atom stereocenters. The zero-order valence-corrected chi connectivity index (χ0v) is 19.0. The summed E-state index contributed by atoms with van der Waals surface area (Å²) in [6.07, 6.45) is 3.27. The van der Waals surface area contributed by atoms with Crippen molar-refractivity contribution in [2.75, 3.05) is 19.5 Å². The molecule has 0 saturated carbocycles. The van der Waals surface area contributed by atoms with Crippen LogP contribution < -0.4 is 14.8 Å². The molecule has 0 fully saturated rings. The molecule has 0 saturated heterocycles. The number of ether oxygens (including phenoxy) is 2. The molecular formula is C28H21F2N3O2. The van der Waals surface area contributed by atoms with Crippen LogP contribution in [0, 0.1) is 11.6 Å². The van der Waals surface area contributed by atoms with Crippen molar-refractivity contribution in [2.45, 2.75) is 0 Å². The molecule has 0 aliphatic rings. The Morgan fingerprint density at radius 1 is 0.743 bits per heavy atom. The number of hydrogen-bond donors (Lipinski definition) is 1. The minimum Gasteiger partial charge on any atom is -0.497 e. The van der Waals surface area contributed by atoms with Crippen LogP contribution in [0.25, 0.3) is 33.3 Å². The average molecular weight is 469 g/mol. The van der Waals surface area contributed by atoms with Crippen LogP contribution in [-0.2, 0) is 0 Å². The summed E-state index contributed by atoms with van der Waals surface area (Å²) in [7, 11) is 3.25. The molecule has 1 N–H and O–H groups in total. The van der Waals surface area contributed by atoms with E-state index in [4.69, 9.17) is 9.47 Å². The minimum atomic E-state index is -0.536. The van der Waals surface area contributed by atoms with E-state index in [0.717, 1.165) is 57.4 Å². The summed E-state index contributed by atoms with van der Waals surface area (Å²) >= 11 is 0. The van der Waals surface area contributed by atoms with E-state index in [2.05, 4.69) is 15.3 Å². The number of nitrogens with one attached hydrogen (secondary N) is 1. The molecule has 7 heteroatoms. The summed E-state index contributed by atoms with van der Waals surface area (Å²) in [5.74, 6) is 0.400. The zero-order valence-electron chi connectivity index (χ0n) is 19.0. The number of hydrogen-bond acceptors (Lipinski definition) is 5. The van der Waals surface area contributed by atoms with Gasteiger partial charge in [-0.2, -0.15) is 0 Å². The van der Waals surface area contributed by atoms with Gasteiger partial charge in [-0.1, -0.05) is 12.1 Å². The third-order valence-corrected chi connectivity index (χ3v) is 5.70. The highest BCUT2D eigenvalue weighted by Gasteiger charge is 2.12. The van der Waals surface area contributed by atoms with Gasteiger partial charge in [0.05, 0.1) is 25.4 Å². The Bertz CT molecular complexity index is 1540. The fourth-order valence-corrected chi connectivity index (χ4v) is 3.97. The summed E-state index contributed by atoms with van der Waals surface area (Å²) in [6, 6.07) is 20.2. The van der Waals surface area contributed by atoms with Gasteiger partial charge in [0.1, 0.15) is 23.1 Å². The van der Waals surface area contributed by atoms with Crippen molar-refractivity contribution in [1.29, 1.82) is 0 Å². The summed E-state index contributed by atoms with van der Waals surface area (Å²) in [5.41, 5.74) is 4.54. The first kappa shape index (κ1) is 22.3. The van der Waals surface area contributed by atoms with Crippen LogP contribution in [0.15, 0.2) is 85.2 Å². The average Bonchev–Trinajstić information content (AvgIpc) is 2.89. The molecule has 174 valence electrons. The zero-order chi connectivity index (χ0) is 24.4. The minimum absolute atomic E-state index is 0.102. The van der Waals surface area contributed by atoms with Gasteiger partial charge < -0.3 is 14.8 Å². The van der Waals surface area contributed by atoms with E-state index in [1.54, 1.807) is 38.7 Å². The van der Waals surface area contributed by atoms with Crippen molar-refractivity contribution in [3.8, 4) is 33.9 Å². The van der Waals surface area contributed by atoms with Crippen LogP contribution in [0.5, 0.6) is 11.5 Å². The smallest absolute Gasteiger partial charge is 0.132 e. The lowest BCUT2D eigenvalue weighted by Crippen LogP contribution is -1.96. The fraction of sp³-hybridized carbons (Fsp3) is 0.0714. The molecule has 0 aliphatic heterocycles. The Morgan fingerprint density at radius 3 is 2.43 bits per heavy atom. The van der Waals surface area contributed by atoms with Gasteiger partial charge in [0.15, 0.2) is 0 Å². The number of rotatable bonds is 6. The Labute approximate surface area is 201 Å². The molecule has 35 heavy (non-hydrogen) atoms. The van der Waals surface area contributed by atoms with Gasteiger partial charge in [-0.25, -0.2) is 8.78 Å². The molecule has 3 aromatic carbocycles. The van der Waals surface area contributed by atoms with Crippen LogP contribution in [0.2, 0.25) is 0 Å². The van der Waals surface area contributed by atoms with Gasteiger partial charge >= 0.3 is 0 Å². The number of anilines is 2. The molecule has 0 aliphatic carbocycles. The Morgan fingerprint density at radius 2 is 1.60 bits per heavy atom. The van der Waals surface area contributed by atoms with E-state index in [-0.39, 0.29) is 5.56 Å². The topological polar surface area (TPSA) is 56.3 Å². The molecule has 0 radical (unpaired) electrons. The Balaban J connectivity index is 1.51. The quantitative estimate of drug-likeness (QED) is 0.290. The third kappa shape index (κ3) is 4.48. The van der Waals surface area contributed by atoms with Crippen molar-refractivity contribution in [1.82, 2.24) is 9.97 Å². The lowest BCUT2D eigenvalue weighted by molar-refractivity contribution is 0.404. The third-order valence-electron chi connectivity index (χ3n) is 5.70. The lowest BCUT2D eigenvalue weighted by atomic mass is 10.0.